The third-order valence-electron chi connectivity index (χ3n) is 9.48. The van der Waals surface area contributed by atoms with E-state index in [4.69, 9.17) is 19.4 Å². The van der Waals surface area contributed by atoms with Gasteiger partial charge in [0.15, 0.2) is 5.82 Å². The summed E-state index contributed by atoms with van der Waals surface area (Å²) in [6.45, 7) is 11.1. The molecule has 2 amide bonds. The Labute approximate surface area is 265 Å². The van der Waals surface area contributed by atoms with Crippen molar-refractivity contribution in [3.05, 3.63) is 60.2 Å². The number of urea groups is 1. The number of benzene rings is 2. The number of aromatic nitrogens is 2. The number of carbonyl (C=O) groups excluding carboxylic acids is 1. The molecule has 3 atom stereocenters. The van der Waals surface area contributed by atoms with Gasteiger partial charge in [-0.1, -0.05) is 12.1 Å². The fourth-order valence-corrected chi connectivity index (χ4v) is 6.85. The summed E-state index contributed by atoms with van der Waals surface area (Å²) in [5.41, 5.74) is 3.62. The zero-order valence-corrected chi connectivity index (χ0v) is 26.3. The molecule has 0 radical (unpaired) electrons. The average Bonchev–Trinajstić information content (AvgIpc) is 3.31. The third kappa shape index (κ3) is 6.91. The highest BCUT2D eigenvalue weighted by Gasteiger charge is 2.39. The summed E-state index contributed by atoms with van der Waals surface area (Å²) in [4.78, 5) is 32.5. The Morgan fingerprint density at radius 3 is 2.13 bits per heavy atom. The minimum atomic E-state index is -0.279. The average molecular weight is 613 g/mol. The van der Waals surface area contributed by atoms with Crippen molar-refractivity contribution in [3.63, 3.8) is 0 Å². The third-order valence-corrected chi connectivity index (χ3v) is 9.48. The van der Waals surface area contributed by atoms with Gasteiger partial charge < -0.3 is 34.8 Å². The van der Waals surface area contributed by atoms with Crippen LogP contribution in [0.25, 0.3) is 11.4 Å². The first kappa shape index (κ1) is 29.9. The number of nitrogens with one attached hydrogen (secondary N) is 2. The molecule has 11 nitrogen and oxygen atoms in total. The highest BCUT2D eigenvalue weighted by molar-refractivity contribution is 5.99. The second kappa shape index (κ2) is 13.3. The van der Waals surface area contributed by atoms with Gasteiger partial charge in [-0.15, -0.1) is 0 Å². The summed E-state index contributed by atoms with van der Waals surface area (Å²) in [5.74, 6) is 2.56. The smallest absolute Gasteiger partial charge is 0.323 e. The van der Waals surface area contributed by atoms with E-state index in [0.717, 1.165) is 88.2 Å². The van der Waals surface area contributed by atoms with Crippen LogP contribution in [0.1, 0.15) is 25.3 Å². The van der Waals surface area contributed by atoms with E-state index in [-0.39, 0.29) is 12.1 Å². The minimum absolute atomic E-state index is 0.231. The first-order valence-corrected chi connectivity index (χ1v) is 16.3. The van der Waals surface area contributed by atoms with Crippen LogP contribution in [0.2, 0.25) is 0 Å². The first-order chi connectivity index (χ1) is 22.0. The minimum Gasteiger partial charge on any atom is -0.377 e. The van der Waals surface area contributed by atoms with Crippen molar-refractivity contribution in [3.8, 4) is 11.4 Å². The second-order valence-electron chi connectivity index (χ2n) is 12.8. The molecule has 1 aromatic heterocycles. The molecule has 238 valence electrons. The zero-order valence-electron chi connectivity index (χ0n) is 26.3. The number of carbonyl (C=O) groups is 1. The zero-order chi connectivity index (χ0) is 30.8. The van der Waals surface area contributed by atoms with E-state index in [1.807, 2.05) is 36.4 Å². The number of nitrogens with zero attached hydrogens (tertiary/aromatic N) is 6. The van der Waals surface area contributed by atoms with Gasteiger partial charge in [-0.3, -0.25) is 4.90 Å². The Hall–Kier alpha value is -3.77. The molecule has 4 aliphatic rings. The molecule has 0 spiro atoms. The van der Waals surface area contributed by atoms with Crippen LogP contribution in [-0.4, -0.2) is 110 Å². The molecule has 2 aromatic carbocycles. The van der Waals surface area contributed by atoms with E-state index >= 15 is 0 Å². The lowest BCUT2D eigenvalue weighted by molar-refractivity contribution is 0.0901. The Bertz CT molecular complexity index is 1450. The summed E-state index contributed by atoms with van der Waals surface area (Å²) >= 11 is 0. The van der Waals surface area contributed by atoms with Crippen molar-refractivity contribution >= 4 is 29.0 Å². The van der Waals surface area contributed by atoms with Crippen molar-refractivity contribution in [2.24, 2.45) is 0 Å². The number of anilines is 4. The van der Waals surface area contributed by atoms with Crippen molar-refractivity contribution in [2.45, 2.75) is 44.4 Å². The highest BCUT2D eigenvalue weighted by Crippen LogP contribution is 2.36. The van der Waals surface area contributed by atoms with E-state index < -0.39 is 0 Å². The van der Waals surface area contributed by atoms with E-state index in [2.05, 4.69) is 62.4 Å². The predicted octanol–water partition coefficient (Wildman–Crippen LogP) is 4.13. The van der Waals surface area contributed by atoms with Gasteiger partial charge in [0, 0.05) is 62.3 Å². The Morgan fingerprint density at radius 2 is 1.47 bits per heavy atom. The monoisotopic (exact) mass is 612 g/mol. The number of hydrogen-bond acceptors (Lipinski definition) is 9. The number of likely N-dealkylation sites (N-methyl/N-ethyl adjacent to an activating group) is 1. The Kier molecular flexibility index (Phi) is 8.84. The van der Waals surface area contributed by atoms with Gasteiger partial charge in [-0.2, -0.15) is 0 Å². The van der Waals surface area contributed by atoms with E-state index in [0.29, 0.717) is 36.8 Å². The van der Waals surface area contributed by atoms with Crippen LogP contribution in [0.15, 0.2) is 54.6 Å². The predicted molar refractivity (Wildman–Crippen MR) is 177 cm³/mol. The lowest BCUT2D eigenvalue weighted by Gasteiger charge is -2.38. The van der Waals surface area contributed by atoms with Crippen LogP contribution in [-0.2, 0) is 16.0 Å². The van der Waals surface area contributed by atoms with Crippen LogP contribution in [0.4, 0.5) is 27.8 Å². The molecular formula is C34H44N8O3. The number of piperazine rings is 1. The normalized spacial score (nSPS) is 24.1. The molecule has 2 N–H and O–H groups in total. The fourth-order valence-electron chi connectivity index (χ4n) is 6.85. The van der Waals surface area contributed by atoms with Crippen molar-refractivity contribution in [1.82, 2.24) is 19.8 Å². The summed E-state index contributed by atoms with van der Waals surface area (Å²) in [6.07, 6.45) is 2.24. The van der Waals surface area contributed by atoms with Crippen molar-refractivity contribution in [1.29, 1.82) is 0 Å². The molecule has 5 heterocycles. The van der Waals surface area contributed by atoms with Crippen LogP contribution >= 0.6 is 0 Å². The van der Waals surface area contributed by atoms with Crippen LogP contribution in [0.5, 0.6) is 0 Å². The van der Waals surface area contributed by atoms with Crippen LogP contribution < -0.4 is 20.4 Å². The highest BCUT2D eigenvalue weighted by atomic mass is 16.5. The van der Waals surface area contributed by atoms with Crippen LogP contribution in [0, 0.1) is 0 Å². The SMILES string of the molecule is C[C@@H]1COCCN1c1cc(N2C3CCC2COC3)nc(-c2ccc(NC(=O)Nc3ccc(CN4CCN(C)CC4)cc3)cc2)n1. The van der Waals surface area contributed by atoms with Gasteiger partial charge >= 0.3 is 6.03 Å². The van der Waals surface area contributed by atoms with E-state index in [1.54, 1.807) is 0 Å². The van der Waals surface area contributed by atoms with E-state index in [9.17, 15) is 4.79 Å². The summed E-state index contributed by atoms with van der Waals surface area (Å²) in [7, 11) is 2.17. The van der Waals surface area contributed by atoms with Gasteiger partial charge in [-0.05, 0) is 68.8 Å². The molecule has 7 rings (SSSR count). The number of hydrogen-bond donors (Lipinski definition) is 2. The van der Waals surface area contributed by atoms with Gasteiger partial charge in [0.05, 0.1) is 44.6 Å². The van der Waals surface area contributed by atoms with Gasteiger partial charge in [0.2, 0.25) is 0 Å². The Balaban J connectivity index is 1.03. The maximum atomic E-state index is 12.8. The molecule has 2 bridgehead atoms. The molecular weight excluding hydrogens is 568 g/mol. The lowest BCUT2D eigenvalue weighted by Crippen LogP contribution is -2.47. The van der Waals surface area contributed by atoms with Crippen LogP contribution in [0.3, 0.4) is 0 Å². The first-order valence-electron chi connectivity index (χ1n) is 16.3. The summed E-state index contributed by atoms with van der Waals surface area (Å²) in [5, 5.41) is 5.91. The van der Waals surface area contributed by atoms with E-state index in [1.165, 1.54) is 5.56 Å². The summed E-state index contributed by atoms with van der Waals surface area (Å²) < 4.78 is 11.6. The quantitative estimate of drug-likeness (QED) is 0.408. The largest absolute Gasteiger partial charge is 0.377 e. The molecule has 2 unspecified atom stereocenters. The number of amides is 2. The summed E-state index contributed by atoms with van der Waals surface area (Å²) in [6, 6.07) is 18.6. The van der Waals surface area contributed by atoms with Crippen molar-refractivity contribution in [2.75, 3.05) is 86.6 Å². The lowest BCUT2D eigenvalue weighted by atomic mass is 10.1. The molecule has 11 heteroatoms. The molecule has 45 heavy (non-hydrogen) atoms. The van der Waals surface area contributed by atoms with Gasteiger partial charge in [-0.25, -0.2) is 14.8 Å². The maximum absolute atomic E-state index is 12.8. The molecule has 0 saturated carbocycles. The number of fused-ring (bicyclic) bond motifs is 2. The van der Waals surface area contributed by atoms with Gasteiger partial charge in [0.1, 0.15) is 11.6 Å². The fraction of sp³-hybridized carbons (Fsp3) is 0.500. The molecule has 3 aromatic rings. The number of morpholine rings is 2. The topological polar surface area (TPSA) is 98.3 Å². The maximum Gasteiger partial charge on any atom is 0.323 e. The standard InChI is InChI=1S/C34H44N8O3/c1-24-21-44-18-17-41(24)31-19-32(42-29-11-12-30(42)23-45-22-29)38-33(37-31)26-5-9-28(10-6-26)36-34(43)35-27-7-3-25(4-8-27)20-40-15-13-39(2)14-16-40/h3-10,19,24,29-30H,11-18,20-23H2,1-2H3,(H2,35,36,43)/t24-,29?,30?/m1/s1. The molecule has 0 aliphatic carbocycles. The molecule has 4 saturated heterocycles. The molecule has 4 fully saturated rings. The second-order valence-corrected chi connectivity index (χ2v) is 12.8. The molecule has 4 aliphatic heterocycles. The van der Waals surface area contributed by atoms with Gasteiger partial charge in [0.25, 0.3) is 0 Å². The number of rotatable bonds is 7. The van der Waals surface area contributed by atoms with Crippen molar-refractivity contribution < 1.29 is 14.3 Å². The number of ether oxygens (including phenoxy) is 2. The Morgan fingerprint density at radius 1 is 0.822 bits per heavy atom.